The van der Waals surface area contributed by atoms with Gasteiger partial charge < -0.3 is 0 Å². The van der Waals surface area contributed by atoms with Crippen molar-refractivity contribution in [3.8, 4) is 0 Å². The van der Waals surface area contributed by atoms with Crippen LogP contribution in [0, 0.1) is 5.82 Å². The third-order valence-corrected chi connectivity index (χ3v) is 6.42. The zero-order valence-electron chi connectivity index (χ0n) is 16.7. The van der Waals surface area contributed by atoms with Crippen LogP contribution in [-0.2, 0) is 14.8 Å². The van der Waals surface area contributed by atoms with E-state index in [0.29, 0.717) is 22.5 Å². The normalized spacial score (nSPS) is 16.1. The zero-order chi connectivity index (χ0) is 22.0. The number of carbonyl (C=O) groups excluding carboxylic acids is 1. The van der Waals surface area contributed by atoms with E-state index in [4.69, 9.17) is 0 Å². The Morgan fingerprint density at radius 2 is 1.65 bits per heavy atom. The first kappa shape index (κ1) is 20.7. The number of halogens is 1. The van der Waals surface area contributed by atoms with Gasteiger partial charge in [-0.2, -0.15) is 5.10 Å². The molecule has 0 saturated carbocycles. The second kappa shape index (κ2) is 8.31. The molecule has 0 aromatic heterocycles. The van der Waals surface area contributed by atoms with Gasteiger partial charge in [-0.3, -0.25) is 9.52 Å². The number of nitrogens with zero attached hydrogens (tertiary/aromatic N) is 2. The number of nitrogens with one attached hydrogen (secondary N) is 1. The predicted octanol–water partition coefficient (Wildman–Crippen LogP) is 4.32. The summed E-state index contributed by atoms with van der Waals surface area (Å²) in [5, 5.41) is 5.63. The minimum Gasteiger partial charge on any atom is -0.279 e. The Labute approximate surface area is 180 Å². The lowest BCUT2D eigenvalue weighted by molar-refractivity contribution is -0.130. The van der Waals surface area contributed by atoms with E-state index in [-0.39, 0.29) is 17.2 Å². The Balaban J connectivity index is 1.70. The summed E-state index contributed by atoms with van der Waals surface area (Å²) in [4.78, 5) is 12.4. The maximum absolute atomic E-state index is 14.3. The van der Waals surface area contributed by atoms with Crippen molar-refractivity contribution in [2.45, 2.75) is 24.3 Å². The van der Waals surface area contributed by atoms with E-state index in [9.17, 15) is 17.6 Å². The van der Waals surface area contributed by atoms with Gasteiger partial charge in [-0.05, 0) is 24.3 Å². The second-order valence-electron chi connectivity index (χ2n) is 7.12. The third kappa shape index (κ3) is 4.20. The van der Waals surface area contributed by atoms with E-state index in [0.717, 1.165) is 0 Å². The number of amides is 1. The number of rotatable bonds is 5. The molecule has 3 aromatic rings. The third-order valence-electron chi connectivity index (χ3n) is 5.04. The molecular formula is C23H20FN3O3S. The molecule has 158 valence electrons. The summed E-state index contributed by atoms with van der Waals surface area (Å²) < 4.78 is 42.6. The average molecular weight is 437 g/mol. The quantitative estimate of drug-likeness (QED) is 0.646. The summed E-state index contributed by atoms with van der Waals surface area (Å²) in [5.41, 5.74) is 1.66. The van der Waals surface area contributed by atoms with Crippen molar-refractivity contribution in [1.82, 2.24) is 5.01 Å². The molecule has 8 heteroatoms. The fourth-order valence-corrected chi connectivity index (χ4v) is 4.69. The largest absolute Gasteiger partial charge is 0.279 e. The summed E-state index contributed by atoms with van der Waals surface area (Å²) >= 11 is 0. The van der Waals surface area contributed by atoms with Gasteiger partial charge in [0.1, 0.15) is 5.82 Å². The molecule has 1 heterocycles. The van der Waals surface area contributed by atoms with Gasteiger partial charge in [0.2, 0.25) is 5.91 Å². The van der Waals surface area contributed by atoms with Crippen molar-refractivity contribution < 1.29 is 17.6 Å². The topological polar surface area (TPSA) is 78.8 Å². The van der Waals surface area contributed by atoms with Gasteiger partial charge in [-0.15, -0.1) is 0 Å². The number of hydrogen-bond acceptors (Lipinski definition) is 4. The molecular weight excluding hydrogens is 417 g/mol. The molecule has 4 rings (SSSR count). The monoisotopic (exact) mass is 437 g/mol. The molecule has 0 saturated heterocycles. The lowest BCUT2D eigenvalue weighted by atomic mass is 9.97. The Morgan fingerprint density at radius 3 is 2.35 bits per heavy atom. The van der Waals surface area contributed by atoms with Gasteiger partial charge in [-0.25, -0.2) is 17.8 Å². The molecule has 1 atom stereocenters. The van der Waals surface area contributed by atoms with E-state index in [1.807, 2.05) is 0 Å². The molecule has 31 heavy (non-hydrogen) atoms. The molecule has 6 nitrogen and oxygen atoms in total. The number of carbonyl (C=O) groups is 1. The Kier molecular flexibility index (Phi) is 5.56. The van der Waals surface area contributed by atoms with Crippen molar-refractivity contribution in [3.63, 3.8) is 0 Å². The maximum atomic E-state index is 14.3. The lowest BCUT2D eigenvalue weighted by Gasteiger charge is -2.23. The number of hydrazone groups is 1. The van der Waals surface area contributed by atoms with Crippen molar-refractivity contribution in [3.05, 3.63) is 95.8 Å². The number of para-hydroxylation sites is 1. The standard InChI is InChI=1S/C23H20FN3O3S/c1-16(28)27-23(15-22(25-27)18-11-5-7-13-20(18)24)19-12-6-8-14-21(19)26-31(29,30)17-9-3-2-4-10-17/h2-14,23,26H,15H2,1H3/t23-/m1/s1. The Hall–Kier alpha value is -3.52. The van der Waals surface area contributed by atoms with Gasteiger partial charge >= 0.3 is 0 Å². The van der Waals surface area contributed by atoms with Crippen LogP contribution >= 0.6 is 0 Å². The fraction of sp³-hybridized carbons (Fsp3) is 0.130. The molecule has 1 aliphatic rings. The average Bonchev–Trinajstić information content (AvgIpc) is 3.20. The Bertz CT molecular complexity index is 1260. The van der Waals surface area contributed by atoms with E-state index in [1.165, 1.54) is 30.1 Å². The zero-order valence-corrected chi connectivity index (χ0v) is 17.5. The number of anilines is 1. The van der Waals surface area contributed by atoms with Crippen LogP contribution in [0.2, 0.25) is 0 Å². The van der Waals surface area contributed by atoms with Crippen LogP contribution in [0.3, 0.4) is 0 Å². The highest BCUT2D eigenvalue weighted by molar-refractivity contribution is 7.92. The summed E-state index contributed by atoms with van der Waals surface area (Å²) in [7, 11) is -3.83. The minimum atomic E-state index is -3.83. The molecule has 1 aliphatic heterocycles. The van der Waals surface area contributed by atoms with Crippen LogP contribution in [-0.4, -0.2) is 25.0 Å². The predicted molar refractivity (Wildman–Crippen MR) is 117 cm³/mol. The molecule has 0 bridgehead atoms. The fourth-order valence-electron chi connectivity index (χ4n) is 3.58. The van der Waals surface area contributed by atoms with Crippen LogP contribution in [0.4, 0.5) is 10.1 Å². The molecule has 0 radical (unpaired) electrons. The van der Waals surface area contributed by atoms with Gasteiger partial charge in [0.05, 0.1) is 22.3 Å². The lowest BCUT2D eigenvalue weighted by Crippen LogP contribution is -2.25. The van der Waals surface area contributed by atoms with Crippen LogP contribution in [0.15, 0.2) is 88.9 Å². The SMILES string of the molecule is CC(=O)N1N=C(c2ccccc2F)C[C@@H]1c1ccccc1NS(=O)(=O)c1ccccc1. The van der Waals surface area contributed by atoms with E-state index < -0.39 is 21.9 Å². The second-order valence-corrected chi connectivity index (χ2v) is 8.80. The van der Waals surface area contributed by atoms with Gasteiger partial charge in [0, 0.05) is 24.5 Å². The van der Waals surface area contributed by atoms with E-state index in [2.05, 4.69) is 9.82 Å². The highest BCUT2D eigenvalue weighted by atomic mass is 32.2. The van der Waals surface area contributed by atoms with Crippen LogP contribution in [0.25, 0.3) is 0 Å². The van der Waals surface area contributed by atoms with Crippen molar-refractivity contribution in [2.24, 2.45) is 5.10 Å². The van der Waals surface area contributed by atoms with E-state index >= 15 is 0 Å². The summed E-state index contributed by atoms with van der Waals surface area (Å²) in [6.45, 7) is 1.37. The number of benzene rings is 3. The molecule has 3 aromatic carbocycles. The van der Waals surface area contributed by atoms with Crippen molar-refractivity contribution in [1.29, 1.82) is 0 Å². The Morgan fingerprint density at radius 1 is 1.00 bits per heavy atom. The number of hydrogen-bond donors (Lipinski definition) is 1. The minimum absolute atomic E-state index is 0.128. The summed E-state index contributed by atoms with van der Waals surface area (Å²) in [6, 6.07) is 20.5. The smallest absolute Gasteiger partial charge is 0.261 e. The van der Waals surface area contributed by atoms with Gasteiger partial charge in [-0.1, -0.05) is 54.6 Å². The van der Waals surface area contributed by atoms with Crippen LogP contribution < -0.4 is 4.72 Å². The number of sulfonamides is 1. The first-order chi connectivity index (χ1) is 14.9. The molecule has 1 N–H and O–H groups in total. The van der Waals surface area contributed by atoms with Gasteiger partial charge in [0.25, 0.3) is 10.0 Å². The van der Waals surface area contributed by atoms with Crippen LogP contribution in [0.1, 0.15) is 30.5 Å². The molecule has 0 spiro atoms. The van der Waals surface area contributed by atoms with Gasteiger partial charge in [0.15, 0.2) is 0 Å². The summed E-state index contributed by atoms with van der Waals surface area (Å²) in [6.07, 6.45) is 0.255. The van der Waals surface area contributed by atoms with Crippen LogP contribution in [0.5, 0.6) is 0 Å². The highest BCUT2D eigenvalue weighted by Gasteiger charge is 2.34. The molecule has 0 fully saturated rings. The van der Waals surface area contributed by atoms with Crippen molar-refractivity contribution in [2.75, 3.05) is 4.72 Å². The first-order valence-corrected chi connectivity index (χ1v) is 11.1. The van der Waals surface area contributed by atoms with E-state index in [1.54, 1.807) is 60.7 Å². The molecule has 0 unspecified atom stereocenters. The maximum Gasteiger partial charge on any atom is 0.261 e. The molecule has 0 aliphatic carbocycles. The van der Waals surface area contributed by atoms with Crippen molar-refractivity contribution >= 4 is 27.3 Å². The highest BCUT2D eigenvalue weighted by Crippen LogP contribution is 2.37. The first-order valence-electron chi connectivity index (χ1n) is 9.66. The molecule has 1 amide bonds. The summed E-state index contributed by atoms with van der Waals surface area (Å²) in [5.74, 6) is -0.750.